The first-order valence-corrected chi connectivity index (χ1v) is 12.0. The number of nitrogens with one attached hydrogen (secondary N) is 1. The van der Waals surface area contributed by atoms with Crippen LogP contribution < -0.4 is 11.1 Å². The third-order valence-corrected chi connectivity index (χ3v) is 7.05. The maximum absolute atomic E-state index is 12.9. The predicted octanol–water partition coefficient (Wildman–Crippen LogP) is 3.10. The number of ether oxygens (including phenoxy) is 1. The summed E-state index contributed by atoms with van der Waals surface area (Å²) in [5.74, 6) is 1.34. The van der Waals surface area contributed by atoms with Crippen molar-refractivity contribution >= 4 is 29.0 Å². The quantitative estimate of drug-likeness (QED) is 0.407. The molecular weight excluding hydrogens is 470 g/mol. The predicted molar refractivity (Wildman–Crippen MR) is 138 cm³/mol. The molecule has 186 valence electrons. The Kier molecular flexibility index (Phi) is 5.65. The molecule has 3 N–H and O–H groups in total. The van der Waals surface area contributed by atoms with Crippen LogP contribution in [0.25, 0.3) is 16.8 Å². The number of fused-ring (bicyclic) bond motifs is 2. The standard InChI is InChI=1S/C27H25N7O3/c1-2-22(35)34-19(13-18-14-37-15-20(18)34)26-32-23(24-25(28)30-11-12-33(24)26)16-6-8-17(9-7-16)27(36)31-21-5-3-4-10-29-21/h2-12,18-20H,1,13-15H2,(H2,28,30)(H,29,31,36)/t18-,19-,20+/m0/s1. The van der Waals surface area contributed by atoms with Gasteiger partial charge >= 0.3 is 0 Å². The zero-order chi connectivity index (χ0) is 25.5. The van der Waals surface area contributed by atoms with Crippen molar-refractivity contribution in [3.63, 3.8) is 0 Å². The van der Waals surface area contributed by atoms with E-state index in [0.717, 1.165) is 12.0 Å². The minimum atomic E-state index is -0.264. The Bertz CT molecular complexity index is 1500. The van der Waals surface area contributed by atoms with Crippen molar-refractivity contribution in [2.75, 3.05) is 24.3 Å². The highest BCUT2D eigenvalue weighted by Crippen LogP contribution is 2.44. The molecule has 5 heterocycles. The van der Waals surface area contributed by atoms with E-state index in [1.54, 1.807) is 42.7 Å². The van der Waals surface area contributed by atoms with E-state index in [1.165, 1.54) is 6.08 Å². The number of hydrogen-bond acceptors (Lipinski definition) is 7. The van der Waals surface area contributed by atoms with Gasteiger partial charge < -0.3 is 20.7 Å². The van der Waals surface area contributed by atoms with Gasteiger partial charge in [0.2, 0.25) is 5.91 Å². The van der Waals surface area contributed by atoms with E-state index in [-0.39, 0.29) is 29.8 Å². The summed E-state index contributed by atoms with van der Waals surface area (Å²) >= 11 is 0. The number of rotatable bonds is 5. The SMILES string of the molecule is C=CC(=O)N1[C@@H]2COC[C@@H]2C[C@H]1c1nc(-c2ccc(C(=O)Nc3ccccn3)cc2)c2c(N)nccn12. The van der Waals surface area contributed by atoms with Crippen LogP contribution in [-0.2, 0) is 9.53 Å². The summed E-state index contributed by atoms with van der Waals surface area (Å²) in [4.78, 5) is 40.8. The van der Waals surface area contributed by atoms with Crippen LogP contribution in [0.5, 0.6) is 0 Å². The highest BCUT2D eigenvalue weighted by atomic mass is 16.5. The van der Waals surface area contributed by atoms with E-state index in [2.05, 4.69) is 21.9 Å². The number of pyridine rings is 1. The second-order valence-corrected chi connectivity index (χ2v) is 9.16. The van der Waals surface area contributed by atoms with Crippen molar-refractivity contribution in [2.24, 2.45) is 5.92 Å². The maximum atomic E-state index is 12.9. The maximum Gasteiger partial charge on any atom is 0.256 e. The van der Waals surface area contributed by atoms with Crippen molar-refractivity contribution in [3.05, 3.63) is 85.1 Å². The lowest BCUT2D eigenvalue weighted by Gasteiger charge is -2.27. The Morgan fingerprint density at radius 2 is 1.95 bits per heavy atom. The van der Waals surface area contributed by atoms with Crippen LogP contribution in [0.3, 0.4) is 0 Å². The summed E-state index contributed by atoms with van der Waals surface area (Å²) in [6.07, 6.45) is 7.13. The van der Waals surface area contributed by atoms with Crippen LogP contribution in [0, 0.1) is 5.92 Å². The zero-order valence-corrected chi connectivity index (χ0v) is 19.9. The molecule has 6 rings (SSSR count). The van der Waals surface area contributed by atoms with E-state index in [4.69, 9.17) is 15.5 Å². The number of aromatic nitrogens is 4. The Labute approximate surface area is 212 Å². The van der Waals surface area contributed by atoms with Crippen molar-refractivity contribution in [1.82, 2.24) is 24.3 Å². The summed E-state index contributed by atoms with van der Waals surface area (Å²) in [7, 11) is 0. The molecule has 1 aromatic carbocycles. The van der Waals surface area contributed by atoms with Gasteiger partial charge in [0, 0.05) is 35.6 Å². The van der Waals surface area contributed by atoms with Gasteiger partial charge in [-0.15, -0.1) is 0 Å². The lowest BCUT2D eigenvalue weighted by atomic mass is 10.0. The zero-order valence-electron chi connectivity index (χ0n) is 19.9. The Morgan fingerprint density at radius 1 is 1.11 bits per heavy atom. The Morgan fingerprint density at radius 3 is 2.70 bits per heavy atom. The third kappa shape index (κ3) is 3.91. The van der Waals surface area contributed by atoms with Crippen molar-refractivity contribution in [1.29, 1.82) is 0 Å². The smallest absolute Gasteiger partial charge is 0.256 e. The number of likely N-dealkylation sites (tertiary alicyclic amines) is 1. The van der Waals surface area contributed by atoms with Gasteiger partial charge in [-0.2, -0.15) is 0 Å². The van der Waals surface area contributed by atoms with Crippen LogP contribution in [0.4, 0.5) is 11.6 Å². The second-order valence-electron chi connectivity index (χ2n) is 9.16. The van der Waals surface area contributed by atoms with Crippen LogP contribution in [0.1, 0.15) is 28.6 Å². The summed E-state index contributed by atoms with van der Waals surface area (Å²) in [6.45, 7) is 4.82. The van der Waals surface area contributed by atoms with Gasteiger partial charge in [0.15, 0.2) is 0 Å². The van der Waals surface area contributed by atoms with E-state index < -0.39 is 0 Å². The highest BCUT2D eigenvalue weighted by Gasteiger charge is 2.48. The van der Waals surface area contributed by atoms with Crippen molar-refractivity contribution in [3.8, 4) is 11.3 Å². The van der Waals surface area contributed by atoms with E-state index in [9.17, 15) is 9.59 Å². The van der Waals surface area contributed by atoms with Crippen LogP contribution in [0.2, 0.25) is 0 Å². The van der Waals surface area contributed by atoms with Crippen LogP contribution in [-0.4, -0.2) is 55.3 Å². The Balaban J connectivity index is 1.38. The lowest BCUT2D eigenvalue weighted by molar-refractivity contribution is -0.129. The first kappa shape index (κ1) is 22.9. The number of amides is 2. The number of benzene rings is 1. The van der Waals surface area contributed by atoms with E-state index in [0.29, 0.717) is 47.4 Å². The van der Waals surface area contributed by atoms with Gasteiger partial charge in [0.1, 0.15) is 28.7 Å². The minimum Gasteiger partial charge on any atom is -0.382 e. The highest BCUT2D eigenvalue weighted by molar-refractivity contribution is 6.04. The molecule has 4 aromatic rings. The molecule has 0 saturated carbocycles. The second kappa shape index (κ2) is 9.14. The molecule has 2 amide bonds. The first-order chi connectivity index (χ1) is 18.0. The number of hydrogen-bond donors (Lipinski definition) is 2. The number of anilines is 2. The average molecular weight is 496 g/mol. The molecule has 2 saturated heterocycles. The minimum absolute atomic E-state index is 0.0117. The number of imidazole rings is 1. The number of carbonyl (C=O) groups excluding carboxylic acids is 2. The van der Waals surface area contributed by atoms with E-state index in [1.807, 2.05) is 27.6 Å². The normalized spacial score (nSPS) is 20.6. The van der Waals surface area contributed by atoms with E-state index >= 15 is 0 Å². The molecular formula is C27H25N7O3. The van der Waals surface area contributed by atoms with Gasteiger partial charge in [-0.25, -0.2) is 15.0 Å². The molecule has 0 spiro atoms. The lowest BCUT2D eigenvalue weighted by Crippen LogP contribution is -2.39. The summed E-state index contributed by atoms with van der Waals surface area (Å²) in [6, 6.07) is 12.2. The summed E-state index contributed by atoms with van der Waals surface area (Å²) in [5, 5.41) is 2.78. The molecule has 0 bridgehead atoms. The van der Waals surface area contributed by atoms with Crippen LogP contribution in [0.15, 0.2) is 73.7 Å². The molecule has 37 heavy (non-hydrogen) atoms. The third-order valence-electron chi connectivity index (χ3n) is 7.05. The fraction of sp³-hybridized carbons (Fsp3) is 0.222. The molecule has 2 aliphatic rings. The summed E-state index contributed by atoms with van der Waals surface area (Å²) < 4.78 is 7.56. The topological polar surface area (TPSA) is 128 Å². The Hall–Kier alpha value is -4.57. The molecule has 10 heteroatoms. The molecule has 10 nitrogen and oxygen atoms in total. The monoisotopic (exact) mass is 495 g/mol. The average Bonchev–Trinajstić information content (AvgIpc) is 3.62. The number of nitrogens with two attached hydrogens (primary N) is 1. The number of carbonyl (C=O) groups is 2. The molecule has 2 aliphatic heterocycles. The first-order valence-electron chi connectivity index (χ1n) is 12.0. The number of nitrogens with zero attached hydrogens (tertiary/aromatic N) is 5. The fourth-order valence-corrected chi connectivity index (χ4v) is 5.33. The molecule has 0 radical (unpaired) electrons. The van der Waals surface area contributed by atoms with Gasteiger partial charge in [-0.1, -0.05) is 24.8 Å². The number of nitrogen functional groups attached to an aromatic ring is 1. The van der Waals surface area contributed by atoms with Gasteiger partial charge in [0.25, 0.3) is 5.91 Å². The van der Waals surface area contributed by atoms with Crippen molar-refractivity contribution in [2.45, 2.75) is 18.5 Å². The van der Waals surface area contributed by atoms with Gasteiger partial charge in [-0.05, 0) is 36.8 Å². The van der Waals surface area contributed by atoms with Crippen LogP contribution >= 0.6 is 0 Å². The van der Waals surface area contributed by atoms with Gasteiger partial charge in [-0.3, -0.25) is 14.0 Å². The fourth-order valence-electron chi connectivity index (χ4n) is 5.33. The largest absolute Gasteiger partial charge is 0.382 e. The van der Waals surface area contributed by atoms with Crippen molar-refractivity contribution < 1.29 is 14.3 Å². The molecule has 0 aliphatic carbocycles. The summed E-state index contributed by atoms with van der Waals surface area (Å²) in [5.41, 5.74) is 8.87. The molecule has 2 fully saturated rings. The van der Waals surface area contributed by atoms with Gasteiger partial charge in [0.05, 0.1) is 25.3 Å². The molecule has 3 aromatic heterocycles. The molecule has 3 atom stereocenters. The molecule has 0 unspecified atom stereocenters.